The number of hydrogen-bond acceptors (Lipinski definition) is 3. The summed E-state index contributed by atoms with van der Waals surface area (Å²) in [5, 5.41) is 9.09. The maximum atomic E-state index is 12.1. The molecule has 1 amide bonds. The van der Waals surface area contributed by atoms with Gasteiger partial charge in [0.15, 0.2) is 0 Å². The number of benzene rings is 1. The third kappa shape index (κ3) is 2.42. The Morgan fingerprint density at radius 2 is 2.00 bits per heavy atom. The number of aliphatic hydroxyl groups excluding tert-OH is 1. The number of carbonyl (C=O) groups is 1. The summed E-state index contributed by atoms with van der Waals surface area (Å²) in [5.41, 5.74) is 1.05. The molecule has 1 fully saturated rings. The van der Waals surface area contributed by atoms with Crippen molar-refractivity contribution in [1.82, 2.24) is 4.90 Å². The molecule has 0 saturated carbocycles. The Morgan fingerprint density at radius 1 is 1.29 bits per heavy atom. The lowest BCUT2D eigenvalue weighted by Gasteiger charge is -2.40. The molecule has 1 aromatic rings. The monoisotopic (exact) mass is 234 g/mol. The van der Waals surface area contributed by atoms with Crippen molar-refractivity contribution in [2.24, 2.45) is 0 Å². The highest BCUT2D eigenvalue weighted by Crippen LogP contribution is 2.22. The van der Waals surface area contributed by atoms with Gasteiger partial charge >= 0.3 is 0 Å². The first kappa shape index (κ1) is 11.9. The van der Waals surface area contributed by atoms with Crippen molar-refractivity contribution in [3.8, 4) is 0 Å². The van der Waals surface area contributed by atoms with E-state index in [9.17, 15) is 4.79 Å². The average molecular weight is 234 g/mol. The molecule has 1 aliphatic rings. The van der Waals surface area contributed by atoms with Crippen molar-refractivity contribution in [3.63, 3.8) is 0 Å². The molecule has 4 nitrogen and oxygen atoms in total. The summed E-state index contributed by atoms with van der Waals surface area (Å²) in [6.07, 6.45) is 0.484. The van der Waals surface area contributed by atoms with E-state index in [0.717, 1.165) is 18.8 Å². The van der Waals surface area contributed by atoms with Gasteiger partial charge in [-0.1, -0.05) is 18.2 Å². The van der Waals surface area contributed by atoms with Gasteiger partial charge < -0.3 is 14.9 Å². The Morgan fingerprint density at radius 3 is 2.65 bits per heavy atom. The largest absolute Gasteiger partial charge is 0.396 e. The van der Waals surface area contributed by atoms with Crippen molar-refractivity contribution in [1.29, 1.82) is 0 Å². The van der Waals surface area contributed by atoms with Crippen LogP contribution in [0, 0.1) is 0 Å². The van der Waals surface area contributed by atoms with Crippen LogP contribution in [0.4, 0.5) is 5.69 Å². The second-order valence-electron chi connectivity index (χ2n) is 4.32. The van der Waals surface area contributed by atoms with Crippen molar-refractivity contribution < 1.29 is 9.90 Å². The maximum Gasteiger partial charge on any atom is 0.245 e. The lowest BCUT2D eigenvalue weighted by molar-refractivity contribution is -0.133. The van der Waals surface area contributed by atoms with E-state index in [4.69, 9.17) is 5.11 Å². The third-order valence-corrected chi connectivity index (χ3v) is 3.20. The molecule has 1 saturated heterocycles. The van der Waals surface area contributed by atoms with Crippen LogP contribution in [0.25, 0.3) is 0 Å². The first-order valence-electron chi connectivity index (χ1n) is 5.91. The Hall–Kier alpha value is -1.55. The highest BCUT2D eigenvalue weighted by atomic mass is 16.3. The summed E-state index contributed by atoms with van der Waals surface area (Å²) >= 11 is 0. The Kier molecular flexibility index (Phi) is 3.64. The van der Waals surface area contributed by atoms with Crippen LogP contribution >= 0.6 is 0 Å². The normalized spacial score (nSPS) is 20.8. The number of hydrogen-bond donors (Lipinski definition) is 1. The highest BCUT2D eigenvalue weighted by Gasteiger charge is 2.32. The van der Waals surface area contributed by atoms with E-state index in [0.29, 0.717) is 6.42 Å². The average Bonchev–Trinajstić information content (AvgIpc) is 2.36. The molecule has 4 heteroatoms. The molecule has 2 rings (SSSR count). The molecule has 0 radical (unpaired) electrons. The molecule has 0 spiro atoms. The fourth-order valence-electron chi connectivity index (χ4n) is 2.24. The third-order valence-electron chi connectivity index (χ3n) is 3.20. The van der Waals surface area contributed by atoms with Crippen LogP contribution in [0.15, 0.2) is 30.3 Å². The molecule has 17 heavy (non-hydrogen) atoms. The number of aliphatic hydroxyl groups is 1. The van der Waals surface area contributed by atoms with E-state index < -0.39 is 0 Å². The first-order chi connectivity index (χ1) is 8.24. The van der Waals surface area contributed by atoms with Crippen LogP contribution in [0.3, 0.4) is 0 Å². The maximum absolute atomic E-state index is 12.1. The molecule has 1 aliphatic heterocycles. The van der Waals surface area contributed by atoms with E-state index >= 15 is 0 Å². The first-order valence-corrected chi connectivity index (χ1v) is 5.91. The van der Waals surface area contributed by atoms with Gasteiger partial charge in [0.2, 0.25) is 5.91 Å². The fraction of sp³-hybridized carbons (Fsp3) is 0.462. The molecule has 92 valence electrons. The number of carbonyl (C=O) groups excluding carboxylic acids is 1. The van der Waals surface area contributed by atoms with Crippen LogP contribution < -0.4 is 4.90 Å². The zero-order valence-corrected chi connectivity index (χ0v) is 10.0. The number of nitrogens with zero attached hydrogens (tertiary/aromatic N) is 2. The van der Waals surface area contributed by atoms with Gasteiger partial charge in [0, 0.05) is 32.4 Å². The predicted molar refractivity (Wildman–Crippen MR) is 66.9 cm³/mol. The Bertz CT molecular complexity index is 380. The molecule has 1 N–H and O–H groups in total. The minimum atomic E-state index is -0.235. The fourth-order valence-corrected chi connectivity index (χ4v) is 2.24. The molecule has 0 aromatic heterocycles. The van der Waals surface area contributed by atoms with Gasteiger partial charge in [0.05, 0.1) is 0 Å². The van der Waals surface area contributed by atoms with Gasteiger partial charge in [-0.3, -0.25) is 4.79 Å². The van der Waals surface area contributed by atoms with E-state index in [1.165, 1.54) is 0 Å². The molecule has 1 heterocycles. The van der Waals surface area contributed by atoms with Crippen molar-refractivity contribution in [3.05, 3.63) is 30.3 Å². The Labute approximate surface area is 101 Å². The Balaban J connectivity index is 2.23. The van der Waals surface area contributed by atoms with Gasteiger partial charge in [-0.05, 0) is 18.6 Å². The summed E-state index contributed by atoms with van der Waals surface area (Å²) < 4.78 is 0. The smallest absolute Gasteiger partial charge is 0.245 e. The van der Waals surface area contributed by atoms with E-state index in [1.54, 1.807) is 4.90 Å². The molecular formula is C13H18N2O2. The number of piperazine rings is 1. The SMILES string of the molecule is CN1CCN(c2ccccc2)C(CCO)C1=O. The summed E-state index contributed by atoms with van der Waals surface area (Å²) in [4.78, 5) is 15.9. The molecular weight excluding hydrogens is 216 g/mol. The van der Waals surface area contributed by atoms with Gasteiger partial charge in [0.1, 0.15) is 6.04 Å². The summed E-state index contributed by atoms with van der Waals surface area (Å²) in [5.74, 6) is 0.0918. The number of para-hydroxylation sites is 1. The van der Waals surface area contributed by atoms with Crippen LogP contribution in [0.2, 0.25) is 0 Å². The molecule has 1 aromatic carbocycles. The second kappa shape index (κ2) is 5.19. The highest BCUT2D eigenvalue weighted by molar-refractivity contribution is 5.86. The molecule has 1 atom stereocenters. The van der Waals surface area contributed by atoms with Gasteiger partial charge in [-0.2, -0.15) is 0 Å². The van der Waals surface area contributed by atoms with Gasteiger partial charge in [-0.15, -0.1) is 0 Å². The van der Waals surface area contributed by atoms with E-state index in [2.05, 4.69) is 4.90 Å². The summed E-state index contributed by atoms with van der Waals surface area (Å²) in [6, 6.07) is 9.66. The zero-order chi connectivity index (χ0) is 12.3. The number of amides is 1. The molecule has 0 aliphatic carbocycles. The van der Waals surface area contributed by atoms with Crippen LogP contribution in [0.5, 0.6) is 0 Å². The zero-order valence-electron chi connectivity index (χ0n) is 10.0. The molecule has 1 unspecified atom stereocenters. The van der Waals surface area contributed by atoms with Gasteiger partial charge in [0.25, 0.3) is 0 Å². The van der Waals surface area contributed by atoms with Gasteiger partial charge in [-0.25, -0.2) is 0 Å². The minimum absolute atomic E-state index is 0.0353. The lowest BCUT2D eigenvalue weighted by atomic mass is 10.1. The van der Waals surface area contributed by atoms with Crippen LogP contribution in [0.1, 0.15) is 6.42 Å². The number of anilines is 1. The molecule has 0 bridgehead atoms. The van der Waals surface area contributed by atoms with E-state index in [-0.39, 0.29) is 18.6 Å². The summed E-state index contributed by atoms with van der Waals surface area (Å²) in [6.45, 7) is 1.58. The predicted octanol–water partition coefficient (Wildman–Crippen LogP) is 0.716. The van der Waals surface area contributed by atoms with Crippen molar-refractivity contribution in [2.75, 3.05) is 31.6 Å². The number of rotatable bonds is 3. The number of likely N-dealkylation sites (N-methyl/N-ethyl adjacent to an activating group) is 1. The van der Waals surface area contributed by atoms with Crippen molar-refractivity contribution in [2.45, 2.75) is 12.5 Å². The minimum Gasteiger partial charge on any atom is -0.396 e. The van der Waals surface area contributed by atoms with Crippen LogP contribution in [-0.2, 0) is 4.79 Å². The lowest BCUT2D eigenvalue weighted by Crippen LogP contribution is -2.56. The summed E-state index contributed by atoms with van der Waals surface area (Å²) in [7, 11) is 1.81. The van der Waals surface area contributed by atoms with Crippen molar-refractivity contribution >= 4 is 11.6 Å². The second-order valence-corrected chi connectivity index (χ2v) is 4.32. The van der Waals surface area contributed by atoms with E-state index in [1.807, 2.05) is 37.4 Å². The topological polar surface area (TPSA) is 43.8 Å². The standard InChI is InChI=1S/C13H18N2O2/c1-14-8-9-15(11-5-3-2-4-6-11)12(7-10-16)13(14)17/h2-6,12,16H,7-10H2,1H3. The quantitative estimate of drug-likeness (QED) is 0.838. The van der Waals surface area contributed by atoms with Crippen LogP contribution in [-0.4, -0.2) is 48.7 Å².